The fourth-order valence-corrected chi connectivity index (χ4v) is 3.86. The van der Waals surface area contributed by atoms with Crippen LogP contribution in [0.25, 0.3) is 0 Å². The highest BCUT2D eigenvalue weighted by molar-refractivity contribution is 6.31. The number of hydroxylamine groups is 1. The zero-order chi connectivity index (χ0) is 15.8. The number of rotatable bonds is 4. The number of benzene rings is 1. The number of ether oxygens (including phenoxy) is 1. The van der Waals surface area contributed by atoms with Crippen molar-refractivity contribution in [3.8, 4) is 11.8 Å². The fourth-order valence-electron chi connectivity index (χ4n) is 3.65. The SMILES string of the molecule is CONC1C(C)(C)C(Oc2ccc(C#N)c(Cl)c2)C1(C)C. The molecule has 1 N–H and O–H groups in total. The van der Waals surface area contributed by atoms with E-state index in [1.165, 1.54) is 0 Å². The topological polar surface area (TPSA) is 54.3 Å². The van der Waals surface area contributed by atoms with Crippen LogP contribution in [-0.4, -0.2) is 19.3 Å². The van der Waals surface area contributed by atoms with Crippen LogP contribution in [0.1, 0.15) is 33.3 Å². The van der Waals surface area contributed by atoms with Gasteiger partial charge in [-0.1, -0.05) is 39.3 Å². The van der Waals surface area contributed by atoms with Crippen molar-refractivity contribution in [2.75, 3.05) is 7.11 Å². The second-order valence-electron chi connectivity index (χ2n) is 6.65. The molecule has 0 bridgehead atoms. The van der Waals surface area contributed by atoms with Gasteiger partial charge in [0.2, 0.25) is 0 Å². The third-order valence-electron chi connectivity index (χ3n) is 4.39. The van der Waals surface area contributed by atoms with Gasteiger partial charge in [-0.3, -0.25) is 0 Å². The van der Waals surface area contributed by atoms with E-state index in [1.807, 2.05) is 6.07 Å². The largest absolute Gasteiger partial charge is 0.489 e. The number of nitriles is 1. The first-order valence-corrected chi connectivity index (χ1v) is 7.27. The van der Waals surface area contributed by atoms with Gasteiger partial charge >= 0.3 is 0 Å². The third-order valence-corrected chi connectivity index (χ3v) is 4.70. The normalized spacial score (nSPS) is 25.8. The Hall–Kier alpha value is -1.28. The maximum Gasteiger partial charge on any atom is 0.121 e. The lowest BCUT2D eigenvalue weighted by molar-refractivity contribution is -0.203. The Kier molecular flexibility index (Phi) is 4.21. The smallest absolute Gasteiger partial charge is 0.121 e. The maximum absolute atomic E-state index is 8.91. The van der Waals surface area contributed by atoms with E-state index < -0.39 is 0 Å². The molecule has 0 heterocycles. The highest BCUT2D eigenvalue weighted by atomic mass is 35.5. The van der Waals surface area contributed by atoms with Gasteiger partial charge in [0.15, 0.2) is 0 Å². The molecule has 1 aromatic rings. The van der Waals surface area contributed by atoms with Gasteiger partial charge in [0.25, 0.3) is 0 Å². The van der Waals surface area contributed by atoms with Gasteiger partial charge in [-0.05, 0) is 12.1 Å². The Bertz CT molecular complexity index is 562. The highest BCUT2D eigenvalue weighted by Gasteiger charge is 2.63. The quantitative estimate of drug-likeness (QED) is 0.864. The van der Waals surface area contributed by atoms with Gasteiger partial charge < -0.3 is 9.57 Å². The third kappa shape index (κ3) is 2.62. The average molecular weight is 309 g/mol. The van der Waals surface area contributed by atoms with Crippen molar-refractivity contribution < 1.29 is 9.57 Å². The molecule has 0 unspecified atom stereocenters. The average Bonchev–Trinajstić information content (AvgIpc) is 2.41. The lowest BCUT2D eigenvalue weighted by Gasteiger charge is -2.62. The molecule has 0 spiro atoms. The molecule has 0 atom stereocenters. The Morgan fingerprint density at radius 3 is 2.33 bits per heavy atom. The molecular formula is C16H21ClN2O2. The van der Waals surface area contributed by atoms with Gasteiger partial charge in [0.1, 0.15) is 17.9 Å². The van der Waals surface area contributed by atoms with Gasteiger partial charge in [0, 0.05) is 22.9 Å². The molecule has 5 heteroatoms. The van der Waals surface area contributed by atoms with Crippen molar-refractivity contribution in [1.82, 2.24) is 5.48 Å². The van der Waals surface area contributed by atoms with Crippen LogP contribution in [0.15, 0.2) is 18.2 Å². The fraction of sp³-hybridized carbons (Fsp3) is 0.562. The molecule has 0 aliphatic heterocycles. The summed E-state index contributed by atoms with van der Waals surface area (Å²) in [6, 6.07) is 7.40. The maximum atomic E-state index is 8.91. The first-order valence-electron chi connectivity index (χ1n) is 6.90. The van der Waals surface area contributed by atoms with Crippen molar-refractivity contribution in [2.45, 2.75) is 39.8 Å². The first kappa shape index (κ1) is 16.1. The highest BCUT2D eigenvalue weighted by Crippen LogP contribution is 2.55. The van der Waals surface area contributed by atoms with Gasteiger partial charge in [-0.25, -0.2) is 0 Å². The van der Waals surface area contributed by atoms with Crippen LogP contribution < -0.4 is 10.2 Å². The summed E-state index contributed by atoms with van der Waals surface area (Å²) in [5.41, 5.74) is 3.35. The summed E-state index contributed by atoms with van der Waals surface area (Å²) >= 11 is 6.06. The minimum absolute atomic E-state index is 0.0154. The summed E-state index contributed by atoms with van der Waals surface area (Å²) in [6.45, 7) is 8.57. The van der Waals surface area contributed by atoms with E-state index >= 15 is 0 Å². The number of hydrogen-bond acceptors (Lipinski definition) is 4. The van der Waals surface area contributed by atoms with Crippen LogP contribution in [0.3, 0.4) is 0 Å². The number of nitrogens with zero attached hydrogens (tertiary/aromatic N) is 1. The summed E-state index contributed by atoms with van der Waals surface area (Å²) < 4.78 is 6.15. The van der Waals surface area contributed by atoms with E-state index in [4.69, 9.17) is 26.4 Å². The molecule has 0 saturated heterocycles. The Morgan fingerprint density at radius 2 is 1.86 bits per heavy atom. The van der Waals surface area contributed by atoms with Gasteiger partial charge in [0.05, 0.1) is 17.7 Å². The van der Waals surface area contributed by atoms with E-state index in [1.54, 1.807) is 25.3 Å². The summed E-state index contributed by atoms with van der Waals surface area (Å²) in [7, 11) is 1.63. The van der Waals surface area contributed by atoms with Crippen LogP contribution in [0.5, 0.6) is 5.75 Å². The lowest BCUT2D eigenvalue weighted by atomic mass is 9.49. The molecule has 1 aromatic carbocycles. The van der Waals surface area contributed by atoms with E-state index in [9.17, 15) is 0 Å². The summed E-state index contributed by atoms with van der Waals surface area (Å²) in [5.74, 6) is 0.681. The number of nitrogens with one attached hydrogen (secondary N) is 1. The van der Waals surface area contributed by atoms with Crippen molar-refractivity contribution in [1.29, 1.82) is 5.26 Å². The van der Waals surface area contributed by atoms with E-state index in [-0.39, 0.29) is 23.0 Å². The minimum Gasteiger partial charge on any atom is -0.489 e. The molecular weight excluding hydrogens is 288 g/mol. The Labute approximate surface area is 131 Å². The zero-order valence-corrected chi connectivity index (χ0v) is 13.8. The molecule has 4 nitrogen and oxygen atoms in total. The summed E-state index contributed by atoms with van der Waals surface area (Å²) in [6.07, 6.45) is 0.0154. The molecule has 1 aliphatic rings. The van der Waals surface area contributed by atoms with Crippen molar-refractivity contribution in [3.63, 3.8) is 0 Å². The predicted octanol–water partition coefficient (Wildman–Crippen LogP) is 3.54. The van der Waals surface area contributed by atoms with Crippen LogP contribution in [0, 0.1) is 22.2 Å². The van der Waals surface area contributed by atoms with Crippen molar-refractivity contribution in [2.24, 2.45) is 10.8 Å². The molecule has 0 amide bonds. The standard InChI is InChI=1S/C16H21ClN2O2/c1-15(2)13(19-20-5)16(3,4)14(15)21-11-7-6-10(9-18)12(17)8-11/h6-8,13-14,19H,1-5H3. The van der Waals surface area contributed by atoms with Crippen molar-refractivity contribution in [3.05, 3.63) is 28.8 Å². The first-order chi connectivity index (χ1) is 9.75. The minimum atomic E-state index is -0.0834. The van der Waals surface area contributed by atoms with Crippen LogP contribution >= 0.6 is 11.6 Å². The molecule has 1 aliphatic carbocycles. The molecule has 1 fully saturated rings. The van der Waals surface area contributed by atoms with E-state index in [0.29, 0.717) is 16.3 Å². The van der Waals surface area contributed by atoms with Gasteiger partial charge in [-0.2, -0.15) is 10.7 Å². The molecule has 114 valence electrons. The second kappa shape index (κ2) is 5.49. The second-order valence-corrected chi connectivity index (χ2v) is 7.06. The van der Waals surface area contributed by atoms with E-state index in [2.05, 4.69) is 33.2 Å². The molecule has 0 radical (unpaired) electrons. The zero-order valence-electron chi connectivity index (χ0n) is 13.0. The molecule has 0 aromatic heterocycles. The Balaban J connectivity index is 2.20. The van der Waals surface area contributed by atoms with Crippen LogP contribution in [0.2, 0.25) is 5.02 Å². The van der Waals surface area contributed by atoms with Crippen LogP contribution in [0.4, 0.5) is 0 Å². The predicted molar refractivity (Wildman–Crippen MR) is 82.1 cm³/mol. The summed E-state index contributed by atoms with van der Waals surface area (Å²) in [4.78, 5) is 5.10. The lowest BCUT2D eigenvalue weighted by Crippen LogP contribution is -2.73. The Morgan fingerprint density at radius 1 is 1.24 bits per heavy atom. The molecule has 1 saturated carbocycles. The summed E-state index contributed by atoms with van der Waals surface area (Å²) in [5, 5.41) is 9.32. The van der Waals surface area contributed by atoms with Gasteiger partial charge in [-0.15, -0.1) is 0 Å². The number of hydrogen-bond donors (Lipinski definition) is 1. The van der Waals surface area contributed by atoms with Crippen LogP contribution in [-0.2, 0) is 4.84 Å². The molecule has 2 rings (SSSR count). The number of halogens is 1. The monoisotopic (exact) mass is 308 g/mol. The molecule has 21 heavy (non-hydrogen) atoms. The van der Waals surface area contributed by atoms with E-state index in [0.717, 1.165) is 0 Å². The van der Waals surface area contributed by atoms with Crippen molar-refractivity contribution >= 4 is 11.6 Å².